The molecular weight excluding hydrogens is 414 g/mol. The van der Waals surface area contributed by atoms with E-state index >= 15 is 0 Å². The SMILES string of the molecule is C=CCN(CC(=O)N(Cc1ccccc1)Cc1ccc(C)o1)C(=O)Nc1cccc(CC)c1. The van der Waals surface area contributed by atoms with Crippen molar-refractivity contribution in [2.24, 2.45) is 0 Å². The summed E-state index contributed by atoms with van der Waals surface area (Å²) in [5.74, 6) is 1.32. The van der Waals surface area contributed by atoms with E-state index in [0.29, 0.717) is 24.5 Å². The fraction of sp³-hybridized carbons (Fsp3) is 0.259. The first-order valence-electron chi connectivity index (χ1n) is 11.1. The maximum Gasteiger partial charge on any atom is 0.322 e. The van der Waals surface area contributed by atoms with Crippen LogP contribution in [0.5, 0.6) is 0 Å². The minimum atomic E-state index is -0.343. The van der Waals surface area contributed by atoms with Crippen LogP contribution in [0.3, 0.4) is 0 Å². The zero-order valence-corrected chi connectivity index (χ0v) is 19.3. The van der Waals surface area contributed by atoms with E-state index in [9.17, 15) is 9.59 Å². The van der Waals surface area contributed by atoms with Crippen molar-refractivity contribution < 1.29 is 14.0 Å². The Balaban J connectivity index is 1.74. The van der Waals surface area contributed by atoms with E-state index in [1.54, 1.807) is 11.0 Å². The molecule has 33 heavy (non-hydrogen) atoms. The number of carbonyl (C=O) groups excluding carboxylic acids is 2. The second-order valence-electron chi connectivity index (χ2n) is 7.90. The highest BCUT2D eigenvalue weighted by atomic mass is 16.3. The van der Waals surface area contributed by atoms with Crippen LogP contribution < -0.4 is 5.32 Å². The van der Waals surface area contributed by atoms with Crippen molar-refractivity contribution in [3.05, 3.63) is 102 Å². The predicted octanol–water partition coefficient (Wildman–Crippen LogP) is 5.40. The summed E-state index contributed by atoms with van der Waals surface area (Å²) in [5, 5.41) is 2.90. The van der Waals surface area contributed by atoms with E-state index in [2.05, 4.69) is 18.8 Å². The van der Waals surface area contributed by atoms with Crippen LogP contribution in [0.15, 0.2) is 83.8 Å². The molecule has 0 unspecified atom stereocenters. The first-order valence-corrected chi connectivity index (χ1v) is 11.1. The number of hydrogen-bond acceptors (Lipinski definition) is 3. The Kier molecular flexibility index (Phi) is 8.47. The normalized spacial score (nSPS) is 10.5. The average Bonchev–Trinajstić information content (AvgIpc) is 3.23. The van der Waals surface area contributed by atoms with Gasteiger partial charge in [0.15, 0.2) is 0 Å². The van der Waals surface area contributed by atoms with Gasteiger partial charge in [-0.1, -0.05) is 55.5 Å². The molecule has 0 saturated carbocycles. The van der Waals surface area contributed by atoms with Crippen LogP contribution in [0, 0.1) is 6.92 Å². The molecule has 6 heteroatoms. The molecule has 0 atom stereocenters. The highest BCUT2D eigenvalue weighted by molar-refractivity contribution is 5.92. The predicted molar refractivity (Wildman–Crippen MR) is 131 cm³/mol. The summed E-state index contributed by atoms with van der Waals surface area (Å²) >= 11 is 0. The van der Waals surface area contributed by atoms with Crippen LogP contribution in [0.25, 0.3) is 0 Å². The molecule has 0 radical (unpaired) electrons. The second kappa shape index (κ2) is 11.7. The van der Waals surface area contributed by atoms with E-state index in [0.717, 1.165) is 23.3 Å². The van der Waals surface area contributed by atoms with Crippen molar-refractivity contribution in [3.63, 3.8) is 0 Å². The summed E-state index contributed by atoms with van der Waals surface area (Å²) < 4.78 is 5.70. The van der Waals surface area contributed by atoms with Crippen LogP contribution in [0.1, 0.15) is 29.6 Å². The molecular formula is C27H31N3O3. The topological polar surface area (TPSA) is 65.8 Å². The number of benzene rings is 2. The molecule has 0 bridgehead atoms. The molecule has 1 heterocycles. The van der Waals surface area contributed by atoms with Crippen LogP contribution in [0.2, 0.25) is 0 Å². The third kappa shape index (κ3) is 7.10. The van der Waals surface area contributed by atoms with Crippen LogP contribution >= 0.6 is 0 Å². The van der Waals surface area contributed by atoms with Gasteiger partial charge >= 0.3 is 6.03 Å². The molecule has 0 aliphatic carbocycles. The fourth-order valence-electron chi connectivity index (χ4n) is 3.50. The fourth-order valence-corrected chi connectivity index (χ4v) is 3.50. The van der Waals surface area contributed by atoms with Gasteiger partial charge in [-0.2, -0.15) is 0 Å². The Labute approximate surface area is 195 Å². The zero-order valence-electron chi connectivity index (χ0n) is 19.3. The number of hydrogen-bond donors (Lipinski definition) is 1. The van der Waals surface area contributed by atoms with Gasteiger partial charge in [-0.05, 0) is 48.7 Å². The molecule has 0 aliphatic rings. The molecule has 3 aromatic rings. The number of aryl methyl sites for hydroxylation is 2. The van der Waals surface area contributed by atoms with Crippen molar-refractivity contribution in [1.82, 2.24) is 9.80 Å². The maximum absolute atomic E-state index is 13.3. The Morgan fingerprint density at radius 1 is 0.970 bits per heavy atom. The van der Waals surface area contributed by atoms with Crippen molar-refractivity contribution in [3.8, 4) is 0 Å². The van der Waals surface area contributed by atoms with Gasteiger partial charge in [-0.25, -0.2) is 4.79 Å². The Hall–Kier alpha value is -3.80. The Bertz CT molecular complexity index is 1070. The lowest BCUT2D eigenvalue weighted by molar-refractivity contribution is -0.133. The monoisotopic (exact) mass is 445 g/mol. The molecule has 0 fully saturated rings. The molecule has 172 valence electrons. The smallest absolute Gasteiger partial charge is 0.322 e. The van der Waals surface area contributed by atoms with E-state index in [1.165, 1.54) is 4.90 Å². The quantitative estimate of drug-likeness (QED) is 0.425. The van der Waals surface area contributed by atoms with Gasteiger partial charge in [0.25, 0.3) is 0 Å². The zero-order chi connectivity index (χ0) is 23.6. The van der Waals surface area contributed by atoms with Crippen LogP contribution in [-0.4, -0.2) is 34.8 Å². The van der Waals surface area contributed by atoms with E-state index in [4.69, 9.17) is 4.42 Å². The molecule has 3 amide bonds. The number of nitrogens with one attached hydrogen (secondary N) is 1. The number of furan rings is 1. The van der Waals surface area contributed by atoms with Crippen LogP contribution in [-0.2, 0) is 24.3 Å². The number of carbonyl (C=O) groups is 2. The number of amides is 3. The van der Waals surface area contributed by atoms with E-state index in [-0.39, 0.29) is 25.0 Å². The van der Waals surface area contributed by atoms with Gasteiger partial charge in [0.1, 0.15) is 18.1 Å². The lowest BCUT2D eigenvalue weighted by atomic mass is 10.1. The summed E-state index contributed by atoms with van der Waals surface area (Å²) in [6.07, 6.45) is 2.49. The number of urea groups is 1. The van der Waals surface area contributed by atoms with Gasteiger partial charge in [0, 0.05) is 18.8 Å². The average molecular weight is 446 g/mol. The molecule has 3 rings (SSSR count). The molecule has 0 saturated heterocycles. The third-order valence-corrected chi connectivity index (χ3v) is 5.26. The van der Waals surface area contributed by atoms with E-state index < -0.39 is 0 Å². The summed E-state index contributed by atoms with van der Waals surface area (Å²) in [6, 6.07) is 20.9. The minimum Gasteiger partial charge on any atom is -0.464 e. The summed E-state index contributed by atoms with van der Waals surface area (Å²) in [6.45, 7) is 8.60. The summed E-state index contributed by atoms with van der Waals surface area (Å²) in [7, 11) is 0. The summed E-state index contributed by atoms with van der Waals surface area (Å²) in [5.41, 5.74) is 2.83. The van der Waals surface area contributed by atoms with Crippen LogP contribution in [0.4, 0.5) is 10.5 Å². The highest BCUT2D eigenvalue weighted by Crippen LogP contribution is 2.15. The first kappa shape index (κ1) is 23.9. The number of anilines is 1. The van der Waals surface area contributed by atoms with Gasteiger partial charge in [0.05, 0.1) is 6.54 Å². The highest BCUT2D eigenvalue weighted by Gasteiger charge is 2.22. The lowest BCUT2D eigenvalue weighted by Gasteiger charge is -2.27. The Morgan fingerprint density at radius 2 is 1.73 bits per heavy atom. The van der Waals surface area contributed by atoms with Gasteiger partial charge in [-0.3, -0.25) is 4.79 Å². The maximum atomic E-state index is 13.3. The lowest BCUT2D eigenvalue weighted by Crippen LogP contribution is -2.44. The Morgan fingerprint density at radius 3 is 2.39 bits per heavy atom. The van der Waals surface area contributed by atoms with Crippen molar-refractivity contribution >= 4 is 17.6 Å². The molecule has 1 aromatic heterocycles. The second-order valence-corrected chi connectivity index (χ2v) is 7.90. The standard InChI is InChI=1S/C27H31N3O3/c1-4-16-29(27(32)28-24-13-9-12-22(5-2)17-24)20-26(31)30(18-23-10-7-6-8-11-23)19-25-15-14-21(3)33-25/h4,6-15,17H,1,5,16,18-20H2,2-3H3,(H,28,32). The van der Waals surface area contributed by atoms with Crippen molar-refractivity contribution in [1.29, 1.82) is 0 Å². The number of rotatable bonds is 10. The molecule has 2 aromatic carbocycles. The largest absolute Gasteiger partial charge is 0.464 e. The van der Waals surface area contributed by atoms with Gasteiger partial charge in [0.2, 0.25) is 5.91 Å². The van der Waals surface area contributed by atoms with E-state index in [1.807, 2.05) is 73.7 Å². The molecule has 1 N–H and O–H groups in total. The molecule has 0 aliphatic heterocycles. The van der Waals surface area contributed by atoms with Crippen molar-refractivity contribution in [2.45, 2.75) is 33.4 Å². The number of nitrogens with zero attached hydrogens (tertiary/aromatic N) is 2. The van der Waals surface area contributed by atoms with Crippen molar-refractivity contribution in [2.75, 3.05) is 18.4 Å². The third-order valence-electron chi connectivity index (χ3n) is 5.26. The summed E-state index contributed by atoms with van der Waals surface area (Å²) in [4.78, 5) is 29.4. The first-order chi connectivity index (χ1) is 16.0. The van der Waals surface area contributed by atoms with Gasteiger partial charge in [-0.15, -0.1) is 6.58 Å². The minimum absolute atomic E-state index is 0.0716. The molecule has 0 spiro atoms. The van der Waals surface area contributed by atoms with Gasteiger partial charge < -0.3 is 19.5 Å². The molecule has 6 nitrogen and oxygen atoms in total.